The summed E-state index contributed by atoms with van der Waals surface area (Å²) in [5, 5.41) is 4.55. The van der Waals surface area contributed by atoms with Crippen LogP contribution < -0.4 is 4.72 Å². The number of aryl methyl sites for hydroxylation is 1. The molecule has 1 N–H and O–H groups in total. The van der Waals surface area contributed by atoms with Crippen molar-refractivity contribution in [3.63, 3.8) is 0 Å². The lowest BCUT2D eigenvalue weighted by molar-refractivity contribution is 0.601. The third-order valence-electron chi connectivity index (χ3n) is 5.23. The standard InChI is InChI=1S/C25H20N4O2S/c1-18-10-12-22(13-11-18)32(30,31)28-21-9-5-8-20(16-21)24-14-15-26-25-23(17-27-29(24)25)19-6-3-2-4-7-19/h2-17,28H,1H3. The van der Waals surface area contributed by atoms with Crippen LogP contribution in [0.4, 0.5) is 5.69 Å². The normalized spacial score (nSPS) is 11.5. The molecule has 0 saturated carbocycles. The van der Waals surface area contributed by atoms with E-state index >= 15 is 0 Å². The third-order valence-corrected chi connectivity index (χ3v) is 6.63. The maximum absolute atomic E-state index is 12.8. The molecule has 0 radical (unpaired) electrons. The van der Waals surface area contributed by atoms with E-state index in [2.05, 4.69) is 14.8 Å². The molecule has 0 amide bonds. The van der Waals surface area contributed by atoms with Gasteiger partial charge < -0.3 is 0 Å². The van der Waals surface area contributed by atoms with Gasteiger partial charge in [-0.1, -0.05) is 60.2 Å². The van der Waals surface area contributed by atoms with Crippen molar-refractivity contribution in [2.45, 2.75) is 11.8 Å². The van der Waals surface area contributed by atoms with Gasteiger partial charge in [-0.2, -0.15) is 5.10 Å². The van der Waals surface area contributed by atoms with Crippen LogP contribution in [-0.4, -0.2) is 23.0 Å². The highest BCUT2D eigenvalue weighted by Gasteiger charge is 2.15. The van der Waals surface area contributed by atoms with Crippen LogP contribution in [0.15, 0.2) is 102 Å². The van der Waals surface area contributed by atoms with Gasteiger partial charge in [0.05, 0.1) is 16.8 Å². The van der Waals surface area contributed by atoms with Gasteiger partial charge in [0.25, 0.3) is 10.0 Å². The van der Waals surface area contributed by atoms with Crippen LogP contribution in [0.1, 0.15) is 5.56 Å². The molecule has 7 heteroatoms. The Balaban J connectivity index is 1.52. The van der Waals surface area contributed by atoms with Crippen molar-refractivity contribution in [2.24, 2.45) is 0 Å². The van der Waals surface area contributed by atoms with E-state index in [1.165, 1.54) is 0 Å². The van der Waals surface area contributed by atoms with Gasteiger partial charge in [0, 0.05) is 23.0 Å². The first kappa shape index (κ1) is 20.0. The molecule has 0 saturated heterocycles. The average molecular weight is 441 g/mol. The van der Waals surface area contributed by atoms with Gasteiger partial charge in [-0.15, -0.1) is 0 Å². The van der Waals surface area contributed by atoms with Gasteiger partial charge in [-0.3, -0.25) is 4.72 Å². The lowest BCUT2D eigenvalue weighted by Gasteiger charge is -2.11. The highest BCUT2D eigenvalue weighted by molar-refractivity contribution is 7.92. The van der Waals surface area contributed by atoms with Crippen LogP contribution in [0.5, 0.6) is 0 Å². The molecule has 5 rings (SSSR count). The number of aromatic nitrogens is 3. The molecule has 5 aromatic rings. The first-order chi connectivity index (χ1) is 15.5. The minimum Gasteiger partial charge on any atom is -0.280 e. The highest BCUT2D eigenvalue weighted by Crippen LogP contribution is 2.28. The number of hydrogen-bond donors (Lipinski definition) is 1. The van der Waals surface area contributed by atoms with Crippen LogP contribution in [0, 0.1) is 6.92 Å². The highest BCUT2D eigenvalue weighted by atomic mass is 32.2. The molecule has 0 atom stereocenters. The van der Waals surface area contributed by atoms with Crippen LogP contribution in [0.2, 0.25) is 0 Å². The first-order valence-electron chi connectivity index (χ1n) is 10.1. The van der Waals surface area contributed by atoms with Crippen molar-refractivity contribution in [1.82, 2.24) is 14.6 Å². The number of nitrogens with zero attached hydrogens (tertiary/aromatic N) is 3. The summed E-state index contributed by atoms with van der Waals surface area (Å²) in [5.41, 5.74) is 5.82. The minimum atomic E-state index is -3.69. The number of rotatable bonds is 5. The van der Waals surface area contributed by atoms with Crippen LogP contribution in [-0.2, 0) is 10.0 Å². The fourth-order valence-corrected chi connectivity index (χ4v) is 4.65. The van der Waals surface area contributed by atoms with Crippen molar-refractivity contribution in [3.05, 3.63) is 103 Å². The van der Waals surface area contributed by atoms with E-state index in [1.54, 1.807) is 53.3 Å². The van der Waals surface area contributed by atoms with E-state index in [0.717, 1.165) is 33.6 Å². The monoisotopic (exact) mass is 440 g/mol. The molecule has 2 heterocycles. The van der Waals surface area contributed by atoms with E-state index in [0.29, 0.717) is 5.69 Å². The van der Waals surface area contributed by atoms with E-state index in [4.69, 9.17) is 0 Å². The van der Waals surface area contributed by atoms with E-state index in [-0.39, 0.29) is 4.90 Å². The zero-order valence-electron chi connectivity index (χ0n) is 17.3. The van der Waals surface area contributed by atoms with Gasteiger partial charge in [-0.05, 0) is 42.8 Å². The summed E-state index contributed by atoms with van der Waals surface area (Å²) in [4.78, 5) is 4.74. The summed E-state index contributed by atoms with van der Waals surface area (Å²) in [6, 6.07) is 25.8. The fraction of sp³-hybridized carbons (Fsp3) is 0.0400. The molecule has 6 nitrogen and oxygen atoms in total. The van der Waals surface area contributed by atoms with E-state index < -0.39 is 10.0 Å². The minimum absolute atomic E-state index is 0.222. The molecule has 0 bridgehead atoms. The van der Waals surface area contributed by atoms with Gasteiger partial charge in [0.1, 0.15) is 0 Å². The second-order valence-corrected chi connectivity index (χ2v) is 9.17. The Labute approximate surface area is 186 Å². The summed E-state index contributed by atoms with van der Waals surface area (Å²) in [7, 11) is -3.69. The SMILES string of the molecule is Cc1ccc(S(=O)(=O)Nc2cccc(-c3ccnc4c(-c5ccccc5)cnn34)c2)cc1. The molecular formula is C25H20N4O2S. The molecule has 32 heavy (non-hydrogen) atoms. The van der Waals surface area contributed by atoms with Gasteiger partial charge in [0.2, 0.25) is 0 Å². The molecule has 2 aromatic heterocycles. The van der Waals surface area contributed by atoms with E-state index in [1.807, 2.05) is 55.5 Å². The molecule has 0 aliphatic heterocycles. The average Bonchev–Trinajstić information content (AvgIpc) is 3.24. The summed E-state index contributed by atoms with van der Waals surface area (Å²) in [6.45, 7) is 1.92. The Hall–Kier alpha value is -3.97. The maximum atomic E-state index is 12.8. The fourth-order valence-electron chi connectivity index (χ4n) is 3.60. The smallest absolute Gasteiger partial charge is 0.261 e. The van der Waals surface area contributed by atoms with E-state index in [9.17, 15) is 8.42 Å². The number of benzene rings is 3. The largest absolute Gasteiger partial charge is 0.280 e. The van der Waals surface area contributed by atoms with Crippen molar-refractivity contribution < 1.29 is 8.42 Å². The van der Waals surface area contributed by atoms with Crippen molar-refractivity contribution in [2.75, 3.05) is 4.72 Å². The van der Waals surface area contributed by atoms with Crippen LogP contribution >= 0.6 is 0 Å². The lowest BCUT2D eigenvalue weighted by atomic mass is 10.1. The summed E-state index contributed by atoms with van der Waals surface area (Å²) >= 11 is 0. The number of anilines is 1. The number of hydrogen-bond acceptors (Lipinski definition) is 4. The number of sulfonamides is 1. The van der Waals surface area contributed by atoms with Gasteiger partial charge >= 0.3 is 0 Å². The Kier molecular flexibility index (Phi) is 4.95. The number of nitrogens with one attached hydrogen (secondary N) is 1. The second-order valence-electron chi connectivity index (χ2n) is 7.49. The predicted molar refractivity (Wildman–Crippen MR) is 126 cm³/mol. The topological polar surface area (TPSA) is 76.4 Å². The molecule has 158 valence electrons. The zero-order chi connectivity index (χ0) is 22.1. The molecule has 0 unspecified atom stereocenters. The summed E-state index contributed by atoms with van der Waals surface area (Å²) in [5.74, 6) is 0. The summed E-state index contributed by atoms with van der Waals surface area (Å²) < 4.78 is 30.0. The quantitative estimate of drug-likeness (QED) is 0.409. The second kappa shape index (κ2) is 7.94. The van der Waals surface area contributed by atoms with Crippen molar-refractivity contribution >= 4 is 21.4 Å². The molecule has 3 aromatic carbocycles. The zero-order valence-corrected chi connectivity index (χ0v) is 18.1. The summed E-state index contributed by atoms with van der Waals surface area (Å²) in [6.07, 6.45) is 3.53. The predicted octanol–water partition coefficient (Wildman–Crippen LogP) is 5.17. The molecular weight excluding hydrogens is 420 g/mol. The number of fused-ring (bicyclic) bond motifs is 1. The Morgan fingerprint density at radius 1 is 0.844 bits per heavy atom. The molecule has 0 aliphatic rings. The van der Waals surface area contributed by atoms with Crippen LogP contribution in [0.3, 0.4) is 0 Å². The molecule has 0 fully saturated rings. The maximum Gasteiger partial charge on any atom is 0.261 e. The molecule has 0 spiro atoms. The van der Waals surface area contributed by atoms with Gasteiger partial charge in [0.15, 0.2) is 5.65 Å². The molecule has 0 aliphatic carbocycles. The van der Waals surface area contributed by atoms with Crippen LogP contribution in [0.25, 0.3) is 28.0 Å². The van der Waals surface area contributed by atoms with Gasteiger partial charge in [-0.25, -0.2) is 17.9 Å². The van der Waals surface area contributed by atoms with Crippen molar-refractivity contribution in [3.8, 4) is 22.4 Å². The lowest BCUT2D eigenvalue weighted by Crippen LogP contribution is -2.13. The third kappa shape index (κ3) is 3.74. The van der Waals surface area contributed by atoms with Crippen molar-refractivity contribution in [1.29, 1.82) is 0 Å². The Morgan fingerprint density at radius 2 is 1.59 bits per heavy atom. The first-order valence-corrected chi connectivity index (χ1v) is 11.6. The Morgan fingerprint density at radius 3 is 2.38 bits per heavy atom. The Bertz CT molecular complexity index is 1510.